The Balaban J connectivity index is 1.53. The first-order chi connectivity index (χ1) is 11.6. The summed E-state index contributed by atoms with van der Waals surface area (Å²) in [6.45, 7) is 0.530. The lowest BCUT2D eigenvalue weighted by atomic mass is 10.1. The molecular weight excluding hydrogens is 326 g/mol. The van der Waals surface area contributed by atoms with Gasteiger partial charge in [0.15, 0.2) is 0 Å². The Kier molecular flexibility index (Phi) is 3.81. The topological polar surface area (TPSA) is 54.3 Å². The molecule has 2 amide bonds. The molecule has 0 bridgehead atoms. The summed E-state index contributed by atoms with van der Waals surface area (Å²) in [5, 5.41) is 3.58. The first-order valence-electron chi connectivity index (χ1n) is 8.15. The van der Waals surface area contributed by atoms with Gasteiger partial charge in [-0.05, 0) is 43.2 Å². The van der Waals surface area contributed by atoms with Crippen molar-refractivity contribution in [3.05, 3.63) is 47.7 Å². The molecule has 6 heteroatoms. The number of hydrogen-bond donors (Lipinski definition) is 1. The third-order valence-corrected chi connectivity index (χ3v) is 4.85. The highest BCUT2D eigenvalue weighted by Crippen LogP contribution is 2.33. The molecule has 0 radical (unpaired) electrons. The molecule has 1 unspecified atom stereocenters. The second-order valence-corrected chi connectivity index (χ2v) is 6.86. The van der Waals surface area contributed by atoms with Crippen LogP contribution in [0.5, 0.6) is 0 Å². The van der Waals surface area contributed by atoms with Crippen molar-refractivity contribution in [3.8, 4) is 5.69 Å². The minimum absolute atomic E-state index is 0.0967. The van der Waals surface area contributed by atoms with Crippen LogP contribution < -0.4 is 5.32 Å². The van der Waals surface area contributed by atoms with Crippen molar-refractivity contribution in [1.82, 2.24) is 9.47 Å². The fraction of sp³-hybridized carbons (Fsp3) is 0.333. The van der Waals surface area contributed by atoms with Crippen molar-refractivity contribution in [3.63, 3.8) is 0 Å². The van der Waals surface area contributed by atoms with E-state index in [1.54, 1.807) is 12.1 Å². The lowest BCUT2D eigenvalue weighted by Gasteiger charge is -2.17. The number of halogens is 1. The van der Waals surface area contributed by atoms with Gasteiger partial charge in [0.2, 0.25) is 11.8 Å². The van der Waals surface area contributed by atoms with Gasteiger partial charge in [0.25, 0.3) is 0 Å². The van der Waals surface area contributed by atoms with Crippen LogP contribution in [-0.4, -0.2) is 33.9 Å². The lowest BCUT2D eigenvalue weighted by Crippen LogP contribution is -2.30. The Bertz CT molecular complexity index is 784. The van der Waals surface area contributed by atoms with Crippen LogP contribution in [0.4, 0.5) is 5.69 Å². The lowest BCUT2D eigenvalue weighted by molar-refractivity contribution is -0.128. The molecule has 2 aliphatic rings. The molecule has 1 N–H and O–H groups in total. The molecule has 5 nitrogen and oxygen atoms in total. The summed E-state index contributed by atoms with van der Waals surface area (Å²) >= 11 is 6.10. The summed E-state index contributed by atoms with van der Waals surface area (Å²) in [6, 6.07) is 9.55. The quantitative estimate of drug-likeness (QED) is 0.927. The number of nitrogens with one attached hydrogen (secondary N) is 1. The van der Waals surface area contributed by atoms with Gasteiger partial charge in [-0.15, -0.1) is 0 Å². The molecule has 1 aliphatic heterocycles. The standard InChI is InChI=1S/C18H18ClN3O2/c19-13-3-6-15(16(10-13)21-7-1-2-8-21)20-18(24)12-9-17(23)22(11-12)14-4-5-14/h1-3,6-8,10,12,14H,4-5,9,11H2,(H,20,24). The maximum Gasteiger partial charge on any atom is 0.229 e. The number of hydrogen-bond acceptors (Lipinski definition) is 2. The number of aromatic nitrogens is 1. The van der Waals surface area contributed by atoms with Gasteiger partial charge >= 0.3 is 0 Å². The molecule has 2 aromatic rings. The molecule has 1 saturated heterocycles. The van der Waals surface area contributed by atoms with Crippen molar-refractivity contribution < 1.29 is 9.59 Å². The maximum atomic E-state index is 12.6. The fourth-order valence-electron chi connectivity index (χ4n) is 3.20. The molecular formula is C18H18ClN3O2. The Morgan fingerprint density at radius 1 is 1.21 bits per heavy atom. The van der Waals surface area contributed by atoms with Gasteiger partial charge in [0.05, 0.1) is 17.3 Å². The molecule has 1 aromatic carbocycles. The number of nitrogens with zero attached hydrogens (tertiary/aromatic N) is 2. The van der Waals surface area contributed by atoms with Crippen LogP contribution in [0.25, 0.3) is 5.69 Å². The molecule has 2 fully saturated rings. The summed E-state index contributed by atoms with van der Waals surface area (Å²) in [5.74, 6) is -0.298. The second kappa shape index (κ2) is 5.98. The zero-order valence-electron chi connectivity index (χ0n) is 13.1. The van der Waals surface area contributed by atoms with Crippen LogP contribution in [0, 0.1) is 5.92 Å². The zero-order valence-corrected chi connectivity index (χ0v) is 13.9. The van der Waals surface area contributed by atoms with E-state index in [0.29, 0.717) is 29.7 Å². The highest BCUT2D eigenvalue weighted by molar-refractivity contribution is 6.31. The smallest absolute Gasteiger partial charge is 0.229 e. The molecule has 1 atom stereocenters. The first kappa shape index (κ1) is 15.3. The van der Waals surface area contributed by atoms with E-state index in [-0.39, 0.29) is 17.7 Å². The summed E-state index contributed by atoms with van der Waals surface area (Å²) < 4.78 is 1.90. The molecule has 1 aliphatic carbocycles. The monoisotopic (exact) mass is 343 g/mol. The average molecular weight is 344 g/mol. The van der Waals surface area contributed by atoms with Gasteiger partial charge in [-0.3, -0.25) is 9.59 Å². The van der Waals surface area contributed by atoms with Crippen molar-refractivity contribution in [1.29, 1.82) is 0 Å². The summed E-state index contributed by atoms with van der Waals surface area (Å²) in [6.07, 6.45) is 6.23. The number of carbonyl (C=O) groups is 2. The van der Waals surface area contributed by atoms with E-state index in [1.807, 2.05) is 40.1 Å². The average Bonchev–Trinajstić information content (AvgIpc) is 3.10. The van der Waals surface area contributed by atoms with E-state index in [0.717, 1.165) is 18.5 Å². The Labute approximate surface area is 145 Å². The van der Waals surface area contributed by atoms with Crippen molar-refractivity contribution >= 4 is 29.1 Å². The van der Waals surface area contributed by atoms with Crippen LogP contribution >= 0.6 is 11.6 Å². The SMILES string of the molecule is O=C(Nc1ccc(Cl)cc1-n1cccc1)C1CC(=O)N(C2CC2)C1. The molecule has 1 saturated carbocycles. The van der Waals surface area contributed by atoms with E-state index < -0.39 is 0 Å². The highest BCUT2D eigenvalue weighted by Gasteiger charge is 2.41. The van der Waals surface area contributed by atoms with E-state index in [9.17, 15) is 9.59 Å². The number of carbonyl (C=O) groups excluding carboxylic acids is 2. The van der Waals surface area contributed by atoms with Gasteiger partial charge in [-0.2, -0.15) is 0 Å². The number of anilines is 1. The first-order valence-corrected chi connectivity index (χ1v) is 8.53. The van der Waals surface area contributed by atoms with E-state index in [2.05, 4.69) is 5.32 Å². The van der Waals surface area contributed by atoms with Gasteiger partial charge in [0.1, 0.15) is 0 Å². The predicted octanol–water partition coefficient (Wildman–Crippen LogP) is 3.08. The normalized spacial score (nSPS) is 20.5. The zero-order chi connectivity index (χ0) is 16.7. The largest absolute Gasteiger partial charge is 0.339 e. The summed E-state index contributed by atoms with van der Waals surface area (Å²) in [4.78, 5) is 26.5. The van der Waals surface area contributed by atoms with Crippen molar-refractivity contribution in [2.24, 2.45) is 5.92 Å². The van der Waals surface area contributed by atoms with E-state index in [4.69, 9.17) is 11.6 Å². The second-order valence-electron chi connectivity index (χ2n) is 6.42. The Hall–Kier alpha value is -2.27. The Morgan fingerprint density at radius 3 is 2.67 bits per heavy atom. The number of rotatable bonds is 4. The van der Waals surface area contributed by atoms with Crippen LogP contribution in [0.3, 0.4) is 0 Å². The van der Waals surface area contributed by atoms with Crippen molar-refractivity contribution in [2.75, 3.05) is 11.9 Å². The molecule has 124 valence electrons. The van der Waals surface area contributed by atoms with Gasteiger partial charge < -0.3 is 14.8 Å². The van der Waals surface area contributed by atoms with Crippen LogP contribution in [0.2, 0.25) is 5.02 Å². The molecule has 2 heterocycles. The predicted molar refractivity (Wildman–Crippen MR) is 92.3 cm³/mol. The van der Waals surface area contributed by atoms with Crippen molar-refractivity contribution in [2.45, 2.75) is 25.3 Å². The fourth-order valence-corrected chi connectivity index (χ4v) is 3.37. The maximum absolute atomic E-state index is 12.6. The number of likely N-dealkylation sites (tertiary alicyclic amines) is 1. The third-order valence-electron chi connectivity index (χ3n) is 4.62. The van der Waals surface area contributed by atoms with Gasteiger partial charge in [0, 0.05) is 36.4 Å². The summed E-state index contributed by atoms with van der Waals surface area (Å²) in [7, 11) is 0. The minimum atomic E-state index is -0.286. The molecule has 1 aromatic heterocycles. The molecule has 4 rings (SSSR count). The van der Waals surface area contributed by atoms with Crippen LogP contribution in [0.1, 0.15) is 19.3 Å². The van der Waals surface area contributed by atoms with Gasteiger partial charge in [-0.25, -0.2) is 0 Å². The molecule has 0 spiro atoms. The minimum Gasteiger partial charge on any atom is -0.339 e. The highest BCUT2D eigenvalue weighted by atomic mass is 35.5. The van der Waals surface area contributed by atoms with Gasteiger partial charge in [-0.1, -0.05) is 11.6 Å². The van der Waals surface area contributed by atoms with E-state index >= 15 is 0 Å². The number of benzene rings is 1. The molecule has 24 heavy (non-hydrogen) atoms. The van der Waals surface area contributed by atoms with E-state index in [1.165, 1.54) is 0 Å². The Morgan fingerprint density at radius 2 is 1.96 bits per heavy atom. The van der Waals surface area contributed by atoms with Crippen LogP contribution in [0.15, 0.2) is 42.7 Å². The van der Waals surface area contributed by atoms with Crippen LogP contribution in [-0.2, 0) is 9.59 Å². The third kappa shape index (κ3) is 2.91. The summed E-state index contributed by atoms with van der Waals surface area (Å²) in [5.41, 5.74) is 1.50. The number of amides is 2.